The van der Waals surface area contributed by atoms with Gasteiger partial charge in [0.1, 0.15) is 5.75 Å². The molecular formula is C27H34O3. The highest BCUT2D eigenvalue weighted by molar-refractivity contribution is 5.92. The summed E-state index contributed by atoms with van der Waals surface area (Å²) in [7, 11) is 0. The van der Waals surface area contributed by atoms with Crippen LogP contribution in [0.1, 0.15) is 87.3 Å². The second-order valence-corrected chi connectivity index (χ2v) is 8.00. The van der Waals surface area contributed by atoms with Gasteiger partial charge in [-0.3, -0.25) is 0 Å². The van der Waals surface area contributed by atoms with Gasteiger partial charge in [0.25, 0.3) is 0 Å². The summed E-state index contributed by atoms with van der Waals surface area (Å²) in [6.45, 7) is 8.60. The topological polar surface area (TPSA) is 49.7 Å². The molecule has 0 saturated heterocycles. The van der Waals surface area contributed by atoms with Gasteiger partial charge >= 0.3 is 0 Å². The van der Waals surface area contributed by atoms with Crippen LogP contribution in [0.2, 0.25) is 0 Å². The number of aliphatic hydroxyl groups is 2. The van der Waals surface area contributed by atoms with Crippen LogP contribution in [0.5, 0.6) is 5.75 Å². The van der Waals surface area contributed by atoms with Crippen molar-refractivity contribution >= 4 is 10.8 Å². The molecule has 30 heavy (non-hydrogen) atoms. The molecule has 3 atom stereocenters. The molecule has 3 aromatic rings. The van der Waals surface area contributed by atoms with Crippen LogP contribution in [-0.2, 0) is 0 Å². The van der Waals surface area contributed by atoms with Gasteiger partial charge in [0.15, 0.2) is 0 Å². The predicted octanol–water partition coefficient (Wildman–Crippen LogP) is 6.67. The minimum Gasteiger partial charge on any atom is -0.493 e. The van der Waals surface area contributed by atoms with Crippen molar-refractivity contribution in [1.82, 2.24) is 0 Å². The van der Waals surface area contributed by atoms with Crippen LogP contribution in [0.15, 0.2) is 54.6 Å². The SMILES string of the molecule is CCCC(c1ccc(C(O)CC)cc1)c1cc(C(C)O)c2cccc(OCC)c2c1. The lowest BCUT2D eigenvalue weighted by atomic mass is 9.84. The summed E-state index contributed by atoms with van der Waals surface area (Å²) in [6, 6.07) is 18.8. The summed E-state index contributed by atoms with van der Waals surface area (Å²) in [4.78, 5) is 0. The molecule has 0 heterocycles. The molecule has 2 N–H and O–H groups in total. The molecule has 0 radical (unpaired) electrons. The van der Waals surface area contributed by atoms with E-state index in [0.29, 0.717) is 13.0 Å². The fourth-order valence-corrected chi connectivity index (χ4v) is 4.24. The molecule has 3 nitrogen and oxygen atoms in total. The third-order valence-corrected chi connectivity index (χ3v) is 5.85. The maximum Gasteiger partial charge on any atom is 0.127 e. The van der Waals surface area contributed by atoms with E-state index in [4.69, 9.17) is 4.74 Å². The van der Waals surface area contributed by atoms with E-state index in [-0.39, 0.29) is 5.92 Å². The predicted molar refractivity (Wildman–Crippen MR) is 124 cm³/mol. The van der Waals surface area contributed by atoms with Gasteiger partial charge in [-0.05, 0) is 66.5 Å². The van der Waals surface area contributed by atoms with E-state index in [0.717, 1.165) is 40.5 Å². The first-order valence-electron chi connectivity index (χ1n) is 11.1. The zero-order chi connectivity index (χ0) is 21.7. The minimum atomic E-state index is -0.561. The fraction of sp³-hybridized carbons (Fsp3) is 0.407. The maximum atomic E-state index is 10.5. The Kier molecular flexibility index (Phi) is 7.52. The van der Waals surface area contributed by atoms with Crippen molar-refractivity contribution in [3.63, 3.8) is 0 Å². The molecule has 3 heteroatoms. The molecule has 0 fully saturated rings. The number of fused-ring (bicyclic) bond motifs is 1. The van der Waals surface area contributed by atoms with Gasteiger partial charge in [-0.25, -0.2) is 0 Å². The van der Waals surface area contributed by atoms with Gasteiger partial charge in [0.05, 0.1) is 18.8 Å². The summed E-state index contributed by atoms with van der Waals surface area (Å²) in [5, 5.41) is 22.7. The van der Waals surface area contributed by atoms with Crippen molar-refractivity contribution in [2.45, 2.75) is 65.1 Å². The van der Waals surface area contributed by atoms with Crippen molar-refractivity contribution in [1.29, 1.82) is 0 Å². The first kappa shape index (κ1) is 22.3. The number of benzene rings is 3. The fourth-order valence-electron chi connectivity index (χ4n) is 4.24. The average molecular weight is 407 g/mol. The van der Waals surface area contributed by atoms with E-state index in [1.54, 1.807) is 0 Å². The summed E-state index contributed by atoms with van der Waals surface area (Å²) >= 11 is 0. The van der Waals surface area contributed by atoms with Crippen LogP contribution in [-0.4, -0.2) is 16.8 Å². The van der Waals surface area contributed by atoms with E-state index in [9.17, 15) is 10.2 Å². The molecule has 0 spiro atoms. The van der Waals surface area contributed by atoms with Crippen molar-refractivity contribution in [2.75, 3.05) is 6.61 Å². The minimum absolute atomic E-state index is 0.222. The Labute approximate surface area is 180 Å². The average Bonchev–Trinajstić information content (AvgIpc) is 2.76. The number of ether oxygens (including phenoxy) is 1. The Morgan fingerprint density at radius 3 is 2.13 bits per heavy atom. The lowest BCUT2D eigenvalue weighted by Gasteiger charge is -2.22. The molecular weight excluding hydrogens is 372 g/mol. The Bertz CT molecular complexity index is 960. The molecule has 0 amide bonds. The second-order valence-electron chi connectivity index (χ2n) is 8.00. The third kappa shape index (κ3) is 4.69. The van der Waals surface area contributed by atoms with Gasteiger partial charge in [0.2, 0.25) is 0 Å². The monoisotopic (exact) mass is 406 g/mol. The Balaban J connectivity index is 2.14. The van der Waals surface area contributed by atoms with E-state index in [1.165, 1.54) is 11.1 Å². The van der Waals surface area contributed by atoms with Crippen LogP contribution in [0.3, 0.4) is 0 Å². The van der Waals surface area contributed by atoms with Gasteiger partial charge in [0, 0.05) is 11.3 Å². The van der Waals surface area contributed by atoms with Crippen LogP contribution in [0, 0.1) is 0 Å². The molecule has 0 aliphatic rings. The molecule has 0 bridgehead atoms. The first-order valence-corrected chi connectivity index (χ1v) is 11.1. The lowest BCUT2D eigenvalue weighted by molar-refractivity contribution is 0.173. The van der Waals surface area contributed by atoms with Crippen molar-refractivity contribution in [3.8, 4) is 5.75 Å². The van der Waals surface area contributed by atoms with E-state index in [2.05, 4.69) is 37.3 Å². The second kappa shape index (κ2) is 10.1. The van der Waals surface area contributed by atoms with Crippen LogP contribution < -0.4 is 4.74 Å². The largest absolute Gasteiger partial charge is 0.493 e. The van der Waals surface area contributed by atoms with Crippen LogP contribution >= 0.6 is 0 Å². The van der Waals surface area contributed by atoms with Crippen molar-refractivity contribution in [3.05, 3.63) is 76.9 Å². The van der Waals surface area contributed by atoms with E-state index in [1.807, 2.05) is 45.0 Å². The highest BCUT2D eigenvalue weighted by atomic mass is 16.5. The summed E-state index contributed by atoms with van der Waals surface area (Å²) in [6.07, 6.45) is 1.80. The smallest absolute Gasteiger partial charge is 0.127 e. The number of hydrogen-bond acceptors (Lipinski definition) is 3. The Hall–Kier alpha value is -2.36. The summed E-state index contributed by atoms with van der Waals surface area (Å²) < 4.78 is 5.90. The number of aliphatic hydroxyl groups excluding tert-OH is 2. The van der Waals surface area contributed by atoms with E-state index >= 15 is 0 Å². The van der Waals surface area contributed by atoms with E-state index < -0.39 is 12.2 Å². The zero-order valence-electron chi connectivity index (χ0n) is 18.6. The molecule has 3 rings (SSSR count). The first-order chi connectivity index (χ1) is 14.5. The highest BCUT2D eigenvalue weighted by Gasteiger charge is 2.19. The van der Waals surface area contributed by atoms with Crippen molar-refractivity contribution < 1.29 is 14.9 Å². The highest BCUT2D eigenvalue weighted by Crippen LogP contribution is 2.38. The zero-order valence-corrected chi connectivity index (χ0v) is 18.6. The van der Waals surface area contributed by atoms with Crippen LogP contribution in [0.4, 0.5) is 0 Å². The third-order valence-electron chi connectivity index (χ3n) is 5.85. The normalized spacial score (nSPS) is 14.5. The Morgan fingerprint density at radius 2 is 1.53 bits per heavy atom. The Morgan fingerprint density at radius 1 is 0.833 bits per heavy atom. The molecule has 0 saturated carbocycles. The molecule has 0 aromatic heterocycles. The van der Waals surface area contributed by atoms with Gasteiger partial charge < -0.3 is 14.9 Å². The van der Waals surface area contributed by atoms with Gasteiger partial charge in [-0.15, -0.1) is 0 Å². The number of hydrogen-bond donors (Lipinski definition) is 2. The lowest BCUT2D eigenvalue weighted by Crippen LogP contribution is -2.05. The molecule has 0 aliphatic heterocycles. The molecule has 3 unspecified atom stereocenters. The standard InChI is InChI=1S/C27H34O3/c1-5-9-22(19-12-14-20(15-13-19)26(29)6-2)21-16-24(18(4)28)23-10-8-11-27(30-7-3)25(23)17-21/h8,10-18,22,26,28-29H,5-7,9H2,1-4H3. The summed E-state index contributed by atoms with van der Waals surface area (Å²) in [5.41, 5.74) is 4.31. The molecule has 160 valence electrons. The van der Waals surface area contributed by atoms with Crippen LogP contribution in [0.25, 0.3) is 10.8 Å². The number of rotatable bonds is 9. The molecule has 3 aromatic carbocycles. The van der Waals surface area contributed by atoms with Gasteiger partial charge in [-0.2, -0.15) is 0 Å². The maximum absolute atomic E-state index is 10.5. The van der Waals surface area contributed by atoms with Crippen molar-refractivity contribution in [2.24, 2.45) is 0 Å². The summed E-state index contributed by atoms with van der Waals surface area (Å²) in [5.74, 6) is 1.08. The quantitative estimate of drug-likeness (QED) is 0.417. The van der Waals surface area contributed by atoms with Gasteiger partial charge in [-0.1, -0.05) is 62.7 Å². The molecule has 0 aliphatic carbocycles.